The largest absolute Gasteiger partial charge is 0.381 e. The van der Waals surface area contributed by atoms with Crippen LogP contribution in [0.2, 0.25) is 10.0 Å². The number of anilines is 1. The molecular weight excluding hydrogens is 448 g/mol. The SMILES string of the molecule is Clc1ccc(Cl)c(CNc2ccc(I)c(Br)c2)c1. The molecule has 0 bridgehead atoms. The van der Waals surface area contributed by atoms with Gasteiger partial charge in [-0.3, -0.25) is 0 Å². The summed E-state index contributed by atoms with van der Waals surface area (Å²) in [5.74, 6) is 0. The Morgan fingerprint density at radius 3 is 2.61 bits per heavy atom. The van der Waals surface area contributed by atoms with Crippen LogP contribution in [0.15, 0.2) is 40.9 Å². The highest BCUT2D eigenvalue weighted by atomic mass is 127. The van der Waals surface area contributed by atoms with Crippen LogP contribution in [-0.4, -0.2) is 0 Å². The molecule has 5 heteroatoms. The van der Waals surface area contributed by atoms with E-state index in [1.165, 1.54) is 3.57 Å². The molecule has 1 nitrogen and oxygen atoms in total. The van der Waals surface area contributed by atoms with Gasteiger partial charge in [0, 0.05) is 30.3 Å². The number of hydrogen-bond acceptors (Lipinski definition) is 1. The number of rotatable bonds is 3. The molecule has 0 fully saturated rings. The molecule has 2 aromatic rings. The normalized spacial score (nSPS) is 10.4. The molecule has 94 valence electrons. The van der Waals surface area contributed by atoms with Gasteiger partial charge in [-0.15, -0.1) is 0 Å². The highest BCUT2D eigenvalue weighted by molar-refractivity contribution is 14.1. The van der Waals surface area contributed by atoms with Crippen molar-refractivity contribution in [2.24, 2.45) is 0 Å². The lowest BCUT2D eigenvalue weighted by atomic mass is 10.2. The minimum Gasteiger partial charge on any atom is -0.381 e. The highest BCUT2D eigenvalue weighted by Gasteiger charge is 2.02. The fourth-order valence-corrected chi connectivity index (χ4v) is 2.58. The van der Waals surface area contributed by atoms with Crippen LogP contribution in [0.25, 0.3) is 0 Å². The summed E-state index contributed by atoms with van der Waals surface area (Å²) in [4.78, 5) is 0. The number of hydrogen-bond donors (Lipinski definition) is 1. The fourth-order valence-electron chi connectivity index (χ4n) is 1.48. The Morgan fingerprint density at radius 2 is 1.89 bits per heavy atom. The third-order valence-electron chi connectivity index (χ3n) is 2.41. The van der Waals surface area contributed by atoms with Gasteiger partial charge < -0.3 is 5.32 Å². The van der Waals surface area contributed by atoms with E-state index in [9.17, 15) is 0 Å². The van der Waals surface area contributed by atoms with Crippen molar-refractivity contribution in [2.75, 3.05) is 5.32 Å². The van der Waals surface area contributed by atoms with Crippen LogP contribution in [0, 0.1) is 3.57 Å². The van der Waals surface area contributed by atoms with E-state index in [1.54, 1.807) is 6.07 Å². The summed E-state index contributed by atoms with van der Waals surface area (Å²) in [5.41, 5.74) is 2.03. The number of benzene rings is 2. The van der Waals surface area contributed by atoms with E-state index in [0.29, 0.717) is 11.6 Å². The van der Waals surface area contributed by atoms with Crippen LogP contribution in [0.5, 0.6) is 0 Å². The molecule has 0 unspecified atom stereocenters. The van der Waals surface area contributed by atoms with Gasteiger partial charge in [0.05, 0.1) is 0 Å². The molecule has 0 spiro atoms. The first-order valence-corrected chi connectivity index (χ1v) is 7.82. The smallest absolute Gasteiger partial charge is 0.0456 e. The van der Waals surface area contributed by atoms with E-state index >= 15 is 0 Å². The van der Waals surface area contributed by atoms with Gasteiger partial charge in [0.1, 0.15) is 0 Å². The van der Waals surface area contributed by atoms with Crippen molar-refractivity contribution in [3.05, 3.63) is 60.0 Å². The van der Waals surface area contributed by atoms with Gasteiger partial charge in [0.25, 0.3) is 0 Å². The Kier molecular flexibility index (Phi) is 5.18. The van der Waals surface area contributed by atoms with Crippen molar-refractivity contribution >= 4 is 67.4 Å². The third kappa shape index (κ3) is 3.76. The molecule has 0 aliphatic carbocycles. The van der Waals surface area contributed by atoms with Crippen LogP contribution in [0.4, 0.5) is 5.69 Å². The molecule has 18 heavy (non-hydrogen) atoms. The second-order valence-corrected chi connectivity index (χ2v) is 6.58. The van der Waals surface area contributed by atoms with Gasteiger partial charge in [0.15, 0.2) is 0 Å². The Labute approximate surface area is 138 Å². The van der Waals surface area contributed by atoms with E-state index in [2.05, 4.69) is 43.8 Å². The lowest BCUT2D eigenvalue weighted by Gasteiger charge is -2.09. The average molecular weight is 457 g/mol. The molecule has 0 heterocycles. The zero-order chi connectivity index (χ0) is 13.1. The van der Waals surface area contributed by atoms with Gasteiger partial charge in [-0.2, -0.15) is 0 Å². The van der Waals surface area contributed by atoms with Gasteiger partial charge in [-0.25, -0.2) is 0 Å². The first-order chi connectivity index (χ1) is 8.56. The fraction of sp³-hybridized carbons (Fsp3) is 0.0769. The number of halogens is 4. The minimum absolute atomic E-state index is 0.645. The summed E-state index contributed by atoms with van der Waals surface area (Å²) < 4.78 is 2.25. The van der Waals surface area contributed by atoms with E-state index in [0.717, 1.165) is 20.7 Å². The van der Waals surface area contributed by atoms with E-state index < -0.39 is 0 Å². The maximum atomic E-state index is 6.11. The average Bonchev–Trinajstić information content (AvgIpc) is 2.34. The molecule has 2 rings (SSSR count). The van der Waals surface area contributed by atoms with Gasteiger partial charge >= 0.3 is 0 Å². The summed E-state index contributed by atoms with van der Waals surface area (Å²) in [6.07, 6.45) is 0. The molecular formula is C13H9BrCl2IN. The van der Waals surface area contributed by atoms with Crippen molar-refractivity contribution in [3.8, 4) is 0 Å². The topological polar surface area (TPSA) is 12.0 Å². The first kappa shape index (κ1) is 14.4. The zero-order valence-electron chi connectivity index (χ0n) is 9.18. The van der Waals surface area contributed by atoms with Gasteiger partial charge in [0.2, 0.25) is 0 Å². The van der Waals surface area contributed by atoms with Gasteiger partial charge in [-0.1, -0.05) is 23.2 Å². The molecule has 0 aliphatic rings. The second kappa shape index (κ2) is 6.46. The second-order valence-electron chi connectivity index (χ2n) is 3.72. The van der Waals surface area contributed by atoms with Crippen LogP contribution < -0.4 is 5.32 Å². The number of nitrogens with one attached hydrogen (secondary N) is 1. The molecule has 0 amide bonds. The minimum atomic E-state index is 0.645. The quantitative estimate of drug-likeness (QED) is 0.561. The molecule has 1 N–H and O–H groups in total. The summed E-state index contributed by atoms with van der Waals surface area (Å²) in [6, 6.07) is 11.6. The molecule has 0 aromatic heterocycles. The highest BCUT2D eigenvalue weighted by Crippen LogP contribution is 2.25. The first-order valence-electron chi connectivity index (χ1n) is 5.19. The van der Waals surface area contributed by atoms with E-state index in [1.807, 2.05) is 30.3 Å². The van der Waals surface area contributed by atoms with Crippen molar-refractivity contribution < 1.29 is 0 Å². The van der Waals surface area contributed by atoms with E-state index in [-0.39, 0.29) is 0 Å². The van der Waals surface area contributed by atoms with Gasteiger partial charge in [-0.05, 0) is 80.5 Å². The predicted octanol–water partition coefficient (Wildman–Crippen LogP) is 5.97. The van der Waals surface area contributed by atoms with Crippen molar-refractivity contribution in [2.45, 2.75) is 6.54 Å². The molecule has 2 aromatic carbocycles. The summed E-state index contributed by atoms with van der Waals surface area (Å²) in [7, 11) is 0. The summed E-state index contributed by atoms with van der Waals surface area (Å²) in [6.45, 7) is 0.645. The van der Waals surface area contributed by atoms with Crippen LogP contribution in [0.3, 0.4) is 0 Å². The molecule has 0 aliphatic heterocycles. The standard InChI is InChI=1S/C13H9BrCl2IN/c14-11-6-10(2-4-13(11)17)18-7-8-5-9(15)1-3-12(8)16/h1-6,18H,7H2. The van der Waals surface area contributed by atoms with Crippen molar-refractivity contribution in [1.82, 2.24) is 0 Å². The van der Waals surface area contributed by atoms with E-state index in [4.69, 9.17) is 23.2 Å². The van der Waals surface area contributed by atoms with Crippen molar-refractivity contribution in [3.63, 3.8) is 0 Å². The lowest BCUT2D eigenvalue weighted by Crippen LogP contribution is -2.00. The Morgan fingerprint density at radius 1 is 1.11 bits per heavy atom. The predicted molar refractivity (Wildman–Crippen MR) is 90.6 cm³/mol. The van der Waals surface area contributed by atoms with Crippen LogP contribution in [-0.2, 0) is 6.54 Å². The Bertz CT molecular complexity index is 575. The van der Waals surface area contributed by atoms with Crippen LogP contribution >= 0.6 is 61.7 Å². The zero-order valence-corrected chi connectivity index (χ0v) is 14.4. The summed E-state index contributed by atoms with van der Waals surface area (Å²) >= 11 is 17.8. The Hall–Kier alpha value is 0.0300. The lowest BCUT2D eigenvalue weighted by molar-refractivity contribution is 1.15. The molecule has 0 saturated heterocycles. The summed E-state index contributed by atoms with van der Waals surface area (Å²) in [5, 5.41) is 4.73. The molecule has 0 atom stereocenters. The molecule has 0 radical (unpaired) electrons. The Balaban J connectivity index is 2.11. The van der Waals surface area contributed by atoms with Crippen molar-refractivity contribution in [1.29, 1.82) is 0 Å². The maximum absolute atomic E-state index is 6.11. The van der Waals surface area contributed by atoms with Crippen LogP contribution in [0.1, 0.15) is 5.56 Å². The maximum Gasteiger partial charge on any atom is 0.0456 e. The third-order valence-corrected chi connectivity index (χ3v) is 5.35. The molecule has 0 saturated carbocycles. The monoisotopic (exact) mass is 455 g/mol.